The zero-order chi connectivity index (χ0) is 25.8. The number of anilines is 1. The fraction of sp³-hybridized carbons (Fsp3) is 0.310. The molecule has 0 fully saturated rings. The number of halogens is 1. The van der Waals surface area contributed by atoms with Gasteiger partial charge in [-0.15, -0.1) is 0 Å². The van der Waals surface area contributed by atoms with E-state index in [2.05, 4.69) is 35.9 Å². The highest BCUT2D eigenvalue weighted by molar-refractivity contribution is 6.02. The first kappa shape index (κ1) is 25.2. The number of hydrogen-bond donors (Lipinski definition) is 3. The Morgan fingerprint density at radius 1 is 1.14 bits per heavy atom. The molecule has 0 saturated heterocycles. The second kappa shape index (κ2) is 10.8. The molecule has 6 nitrogen and oxygen atoms in total. The van der Waals surface area contributed by atoms with Gasteiger partial charge in [0.05, 0.1) is 0 Å². The summed E-state index contributed by atoms with van der Waals surface area (Å²) in [7, 11) is 0. The van der Waals surface area contributed by atoms with Crippen LogP contribution in [0.4, 0.5) is 10.1 Å². The second-order valence-electron chi connectivity index (χ2n) is 9.13. The Hall–Kier alpha value is -3.87. The number of guanidine groups is 1. The van der Waals surface area contributed by atoms with Gasteiger partial charge in [-0.2, -0.15) is 0 Å². The topological polar surface area (TPSA) is 68.8 Å². The molecule has 188 valence electrons. The molecule has 2 aliphatic rings. The number of amides is 1. The number of carbonyl (C=O) groups is 1. The van der Waals surface area contributed by atoms with Gasteiger partial charge in [-0.25, -0.2) is 9.38 Å². The third kappa shape index (κ3) is 5.20. The molecule has 2 aromatic rings. The highest BCUT2D eigenvalue weighted by Gasteiger charge is 2.36. The summed E-state index contributed by atoms with van der Waals surface area (Å²) >= 11 is 0. The third-order valence-electron chi connectivity index (χ3n) is 6.63. The van der Waals surface area contributed by atoms with Gasteiger partial charge in [-0.05, 0) is 74.6 Å². The van der Waals surface area contributed by atoms with E-state index in [4.69, 9.17) is 4.99 Å². The number of nitrogens with zero attached hydrogens (tertiary/aromatic N) is 2. The van der Waals surface area contributed by atoms with E-state index in [1.165, 1.54) is 6.07 Å². The van der Waals surface area contributed by atoms with Crippen molar-refractivity contribution < 1.29 is 9.18 Å². The summed E-state index contributed by atoms with van der Waals surface area (Å²) in [5.41, 5.74) is 6.94. The Labute approximate surface area is 212 Å². The number of allylic oxidation sites excluding steroid dienone is 1. The third-order valence-corrected chi connectivity index (χ3v) is 6.63. The highest BCUT2D eigenvalue weighted by atomic mass is 19.1. The highest BCUT2D eigenvalue weighted by Crippen LogP contribution is 2.32. The minimum absolute atomic E-state index is 0.0547. The Bertz CT molecular complexity index is 1290. The van der Waals surface area contributed by atoms with E-state index in [9.17, 15) is 9.18 Å². The van der Waals surface area contributed by atoms with Crippen LogP contribution in [0.3, 0.4) is 0 Å². The van der Waals surface area contributed by atoms with Gasteiger partial charge < -0.3 is 20.9 Å². The SMILES string of the molecule is CCN/C(C)=C(\CC)C1=CC2=CNC(Nc3ccc(C)c(F)c3)=NC2N(Cc2ccccc2C)C1=O. The summed E-state index contributed by atoms with van der Waals surface area (Å²) in [4.78, 5) is 20.6. The zero-order valence-electron chi connectivity index (χ0n) is 21.6. The Morgan fingerprint density at radius 3 is 2.61 bits per heavy atom. The fourth-order valence-corrected chi connectivity index (χ4v) is 4.57. The van der Waals surface area contributed by atoms with E-state index < -0.39 is 6.17 Å². The maximum Gasteiger partial charge on any atom is 0.256 e. The molecular weight excluding hydrogens is 453 g/mol. The van der Waals surface area contributed by atoms with Crippen LogP contribution in [0, 0.1) is 19.7 Å². The lowest BCUT2D eigenvalue weighted by atomic mass is 9.92. The number of aliphatic imine (C=N–C) groups is 1. The number of aryl methyl sites for hydroxylation is 2. The molecule has 7 heteroatoms. The van der Waals surface area contributed by atoms with Crippen LogP contribution in [-0.4, -0.2) is 29.5 Å². The monoisotopic (exact) mass is 487 g/mol. The molecule has 0 aromatic heterocycles. The second-order valence-corrected chi connectivity index (χ2v) is 9.13. The molecule has 0 aliphatic carbocycles. The lowest BCUT2D eigenvalue weighted by molar-refractivity contribution is -0.129. The molecule has 3 N–H and O–H groups in total. The first-order valence-electron chi connectivity index (χ1n) is 12.4. The Kier molecular flexibility index (Phi) is 7.58. The predicted octanol–water partition coefficient (Wildman–Crippen LogP) is 5.29. The van der Waals surface area contributed by atoms with Gasteiger partial charge in [-0.1, -0.05) is 37.3 Å². The predicted molar refractivity (Wildman–Crippen MR) is 144 cm³/mol. The van der Waals surface area contributed by atoms with Crippen molar-refractivity contribution in [1.82, 2.24) is 15.5 Å². The molecular formula is C29H34FN5O. The maximum atomic E-state index is 14.1. The largest absolute Gasteiger partial charge is 0.389 e. The van der Waals surface area contributed by atoms with Gasteiger partial charge in [0.2, 0.25) is 5.96 Å². The molecule has 1 amide bonds. The van der Waals surface area contributed by atoms with E-state index in [1.807, 2.05) is 49.2 Å². The molecule has 36 heavy (non-hydrogen) atoms. The quantitative estimate of drug-likeness (QED) is 0.497. The van der Waals surface area contributed by atoms with Crippen LogP contribution in [0.25, 0.3) is 0 Å². The number of hydrogen-bond acceptors (Lipinski definition) is 5. The molecule has 0 saturated carbocycles. The molecule has 2 heterocycles. The molecule has 0 bridgehead atoms. The van der Waals surface area contributed by atoms with Crippen molar-refractivity contribution in [2.75, 3.05) is 11.9 Å². The van der Waals surface area contributed by atoms with Crippen LogP contribution in [0.1, 0.15) is 43.9 Å². The summed E-state index contributed by atoms with van der Waals surface area (Å²) in [6, 6.07) is 13.0. The van der Waals surface area contributed by atoms with Gasteiger partial charge >= 0.3 is 0 Å². The van der Waals surface area contributed by atoms with Crippen LogP contribution >= 0.6 is 0 Å². The van der Waals surface area contributed by atoms with E-state index in [-0.39, 0.29) is 11.7 Å². The average Bonchev–Trinajstić information content (AvgIpc) is 2.86. The summed E-state index contributed by atoms with van der Waals surface area (Å²) in [6.45, 7) is 11.1. The van der Waals surface area contributed by atoms with Crippen molar-refractivity contribution in [3.05, 3.63) is 99.7 Å². The lowest BCUT2D eigenvalue weighted by Gasteiger charge is -2.37. The van der Waals surface area contributed by atoms with Crippen LogP contribution < -0.4 is 16.0 Å². The van der Waals surface area contributed by atoms with E-state index in [0.29, 0.717) is 29.3 Å². The number of rotatable bonds is 7. The lowest BCUT2D eigenvalue weighted by Crippen LogP contribution is -2.48. The summed E-state index contributed by atoms with van der Waals surface area (Å²) in [6.07, 6.45) is 4.05. The Morgan fingerprint density at radius 2 is 1.92 bits per heavy atom. The van der Waals surface area contributed by atoms with Crippen molar-refractivity contribution in [3.8, 4) is 0 Å². The van der Waals surface area contributed by atoms with Gasteiger partial charge in [0.1, 0.15) is 5.82 Å². The van der Waals surface area contributed by atoms with Crippen molar-refractivity contribution in [2.24, 2.45) is 4.99 Å². The fourth-order valence-electron chi connectivity index (χ4n) is 4.57. The summed E-state index contributed by atoms with van der Waals surface area (Å²) < 4.78 is 14.1. The summed E-state index contributed by atoms with van der Waals surface area (Å²) in [5, 5.41) is 9.70. The van der Waals surface area contributed by atoms with Crippen LogP contribution in [0.5, 0.6) is 0 Å². The van der Waals surface area contributed by atoms with Crippen molar-refractivity contribution >= 4 is 17.6 Å². The van der Waals surface area contributed by atoms with Crippen molar-refractivity contribution in [3.63, 3.8) is 0 Å². The van der Waals surface area contributed by atoms with Crippen LogP contribution in [-0.2, 0) is 11.3 Å². The number of carbonyl (C=O) groups excluding carboxylic acids is 1. The van der Waals surface area contributed by atoms with Crippen molar-refractivity contribution in [1.29, 1.82) is 0 Å². The molecule has 1 unspecified atom stereocenters. The zero-order valence-corrected chi connectivity index (χ0v) is 21.6. The average molecular weight is 488 g/mol. The molecule has 1 atom stereocenters. The Balaban J connectivity index is 1.73. The van der Waals surface area contributed by atoms with Gasteiger partial charge in [0.25, 0.3) is 5.91 Å². The molecule has 0 spiro atoms. The van der Waals surface area contributed by atoms with Crippen LogP contribution in [0.15, 0.2) is 82.1 Å². The van der Waals surface area contributed by atoms with E-state index >= 15 is 0 Å². The molecule has 4 rings (SSSR count). The van der Waals surface area contributed by atoms with Crippen LogP contribution in [0.2, 0.25) is 0 Å². The molecule has 0 radical (unpaired) electrons. The number of nitrogens with one attached hydrogen (secondary N) is 3. The number of fused-ring (bicyclic) bond motifs is 1. The number of benzene rings is 2. The molecule has 2 aromatic carbocycles. The standard InChI is InChI=1S/C29H34FN5O/c1-6-24(20(5)31-7-2)25-14-22-16-32-29(33-23-13-12-19(4)26(30)15-23)34-27(22)35(28(25)36)17-21-11-9-8-10-18(21)3/h8-16,27,31H,6-7,17H2,1-5H3,(H2,32,33,34)/b24-20+. The van der Waals surface area contributed by atoms with Gasteiger partial charge in [0, 0.05) is 41.8 Å². The normalized spacial score (nSPS) is 17.8. The van der Waals surface area contributed by atoms with Crippen molar-refractivity contribution in [2.45, 2.75) is 53.8 Å². The maximum absolute atomic E-state index is 14.1. The minimum atomic E-state index is -0.502. The minimum Gasteiger partial charge on any atom is -0.389 e. The van der Waals surface area contributed by atoms with Gasteiger partial charge in [0.15, 0.2) is 6.17 Å². The first-order valence-corrected chi connectivity index (χ1v) is 12.4. The van der Waals surface area contributed by atoms with E-state index in [0.717, 1.165) is 40.9 Å². The van der Waals surface area contributed by atoms with Gasteiger partial charge in [-0.3, -0.25) is 4.79 Å². The molecule has 2 aliphatic heterocycles. The summed E-state index contributed by atoms with van der Waals surface area (Å²) in [5.74, 6) is 0.117. The smallest absolute Gasteiger partial charge is 0.256 e. The first-order chi connectivity index (χ1) is 17.3. The van der Waals surface area contributed by atoms with E-state index in [1.54, 1.807) is 19.1 Å².